The van der Waals surface area contributed by atoms with Gasteiger partial charge < -0.3 is 0 Å². The van der Waals surface area contributed by atoms with Crippen molar-refractivity contribution in [2.24, 2.45) is 0 Å². The third kappa shape index (κ3) is 0.939. The molecule has 1 N–H and O–H groups in total. The third-order valence-corrected chi connectivity index (χ3v) is 2.10. The van der Waals surface area contributed by atoms with E-state index in [-0.39, 0.29) is 0 Å². The van der Waals surface area contributed by atoms with Gasteiger partial charge in [0, 0.05) is 11.3 Å². The van der Waals surface area contributed by atoms with Crippen LogP contribution < -0.4 is 0 Å². The predicted molar refractivity (Wildman–Crippen MR) is 38.7 cm³/mol. The molecule has 0 saturated heterocycles. The van der Waals surface area contributed by atoms with Gasteiger partial charge in [-0.25, -0.2) is 0 Å². The maximum Gasteiger partial charge on any atom is 0.116 e. The Hall–Kier alpha value is -0.790. The molecule has 0 amide bonds. The minimum atomic E-state index is 1.17. The molecule has 10 heavy (non-hydrogen) atoms. The second kappa shape index (κ2) is 2.45. The molecule has 1 aliphatic carbocycles. The fraction of sp³-hybridized carbons (Fsp3) is 0.625. The number of aromatic amines is 1. The van der Waals surface area contributed by atoms with Crippen LogP contribution in [0, 0.1) is 6.20 Å². The van der Waals surface area contributed by atoms with Gasteiger partial charge in [-0.1, -0.05) is 6.42 Å². The molecule has 0 atom stereocenters. The average Bonchev–Trinajstić information content (AvgIpc) is 2.28. The largest absolute Gasteiger partial charge is 0.282 e. The monoisotopic (exact) mass is 135 g/mol. The van der Waals surface area contributed by atoms with E-state index in [1.807, 2.05) is 0 Å². The molecule has 2 rings (SSSR count). The third-order valence-electron chi connectivity index (χ3n) is 2.10. The molecule has 2 heteroatoms. The number of nitrogens with zero attached hydrogens (tertiary/aromatic N) is 1. The fourth-order valence-electron chi connectivity index (χ4n) is 1.49. The zero-order valence-corrected chi connectivity index (χ0v) is 5.98. The lowest BCUT2D eigenvalue weighted by molar-refractivity contribution is 0.702. The van der Waals surface area contributed by atoms with Crippen LogP contribution in [0.1, 0.15) is 30.5 Å². The van der Waals surface area contributed by atoms with Crippen LogP contribution in [0.15, 0.2) is 0 Å². The molecule has 53 valence electrons. The molecule has 1 heterocycles. The van der Waals surface area contributed by atoms with Gasteiger partial charge in [-0.2, -0.15) is 5.10 Å². The zero-order chi connectivity index (χ0) is 6.81. The van der Waals surface area contributed by atoms with Crippen LogP contribution in [-0.4, -0.2) is 10.2 Å². The molecule has 1 radical (unpaired) electrons. The van der Waals surface area contributed by atoms with E-state index in [1.54, 1.807) is 0 Å². The second-order valence-electron chi connectivity index (χ2n) is 2.85. The molecule has 1 aromatic heterocycles. The number of fused-ring (bicyclic) bond motifs is 1. The summed E-state index contributed by atoms with van der Waals surface area (Å²) >= 11 is 0. The summed E-state index contributed by atoms with van der Waals surface area (Å²) in [7, 11) is 0. The standard InChI is InChI=1S/C8H11N2/c1-2-4-7-6-9-10-8(7)5-3-1/h1-5H2,(H,9,10). The summed E-state index contributed by atoms with van der Waals surface area (Å²) in [6.45, 7) is 0. The highest BCUT2D eigenvalue weighted by Crippen LogP contribution is 2.16. The van der Waals surface area contributed by atoms with Gasteiger partial charge >= 0.3 is 0 Å². The predicted octanol–water partition coefficient (Wildman–Crippen LogP) is 1.48. The lowest BCUT2D eigenvalue weighted by atomic mass is 10.2. The highest BCUT2D eigenvalue weighted by molar-refractivity contribution is 5.16. The maximum atomic E-state index is 3.90. The lowest BCUT2D eigenvalue weighted by Gasteiger charge is -1.91. The first-order chi connectivity index (χ1) is 4.97. The highest BCUT2D eigenvalue weighted by Gasteiger charge is 2.08. The number of aromatic nitrogens is 2. The molecule has 0 aliphatic heterocycles. The summed E-state index contributed by atoms with van der Waals surface area (Å²) in [4.78, 5) is 0. The van der Waals surface area contributed by atoms with Gasteiger partial charge in [0.2, 0.25) is 0 Å². The Bertz CT molecular complexity index is 194. The smallest absolute Gasteiger partial charge is 0.116 e. The molecule has 0 aromatic carbocycles. The molecule has 2 nitrogen and oxygen atoms in total. The molecule has 0 unspecified atom stereocenters. The summed E-state index contributed by atoms with van der Waals surface area (Å²) < 4.78 is 0. The van der Waals surface area contributed by atoms with Gasteiger partial charge in [-0.3, -0.25) is 5.10 Å². The number of rotatable bonds is 0. The number of hydrogen-bond donors (Lipinski definition) is 1. The maximum absolute atomic E-state index is 3.90. The van der Waals surface area contributed by atoms with E-state index in [0.717, 1.165) is 0 Å². The van der Waals surface area contributed by atoms with Crippen molar-refractivity contribution in [3.63, 3.8) is 0 Å². The van der Waals surface area contributed by atoms with Crippen LogP contribution in [0.25, 0.3) is 0 Å². The molecule has 0 spiro atoms. The van der Waals surface area contributed by atoms with Gasteiger partial charge in [-0.15, -0.1) is 0 Å². The lowest BCUT2D eigenvalue weighted by Crippen LogP contribution is -1.85. The fourth-order valence-corrected chi connectivity index (χ4v) is 1.49. The van der Waals surface area contributed by atoms with Crippen LogP contribution in [0.5, 0.6) is 0 Å². The van der Waals surface area contributed by atoms with Crippen LogP contribution in [-0.2, 0) is 12.8 Å². The van der Waals surface area contributed by atoms with E-state index < -0.39 is 0 Å². The SMILES string of the molecule is [c]1n[nH]c2c1CCCCC2. The van der Waals surface area contributed by atoms with Crippen LogP contribution >= 0.6 is 0 Å². The summed E-state index contributed by atoms with van der Waals surface area (Å²) in [5.41, 5.74) is 2.63. The highest BCUT2D eigenvalue weighted by atomic mass is 15.1. The number of aryl methyl sites for hydroxylation is 2. The van der Waals surface area contributed by atoms with E-state index in [0.29, 0.717) is 0 Å². The number of hydrogen-bond acceptors (Lipinski definition) is 1. The van der Waals surface area contributed by atoms with Crippen molar-refractivity contribution >= 4 is 0 Å². The van der Waals surface area contributed by atoms with E-state index in [2.05, 4.69) is 16.4 Å². The van der Waals surface area contributed by atoms with Gasteiger partial charge in [0.1, 0.15) is 6.20 Å². The van der Waals surface area contributed by atoms with Crippen molar-refractivity contribution in [3.8, 4) is 0 Å². The van der Waals surface area contributed by atoms with E-state index >= 15 is 0 Å². The summed E-state index contributed by atoms with van der Waals surface area (Å²) in [6.07, 6.45) is 9.31. The zero-order valence-electron chi connectivity index (χ0n) is 5.98. The molecule has 0 fully saturated rings. The van der Waals surface area contributed by atoms with Gasteiger partial charge in [0.05, 0.1) is 0 Å². The summed E-state index contributed by atoms with van der Waals surface area (Å²) in [5, 5.41) is 6.89. The first-order valence-electron chi connectivity index (χ1n) is 3.90. The number of H-pyrrole nitrogens is 1. The van der Waals surface area contributed by atoms with Crippen LogP contribution in [0.3, 0.4) is 0 Å². The molecule has 0 saturated carbocycles. The van der Waals surface area contributed by atoms with Gasteiger partial charge in [0.15, 0.2) is 0 Å². The van der Waals surface area contributed by atoms with Gasteiger partial charge in [0.25, 0.3) is 0 Å². The molecule has 1 aliphatic rings. The normalized spacial score (nSPS) is 18.0. The minimum absolute atomic E-state index is 1.17. The van der Waals surface area contributed by atoms with E-state index in [4.69, 9.17) is 0 Å². The van der Waals surface area contributed by atoms with Crippen molar-refractivity contribution in [3.05, 3.63) is 17.5 Å². The van der Waals surface area contributed by atoms with E-state index in [9.17, 15) is 0 Å². The Labute approximate surface area is 60.6 Å². The minimum Gasteiger partial charge on any atom is -0.282 e. The Balaban J connectivity index is 2.28. The van der Waals surface area contributed by atoms with Crippen molar-refractivity contribution in [2.75, 3.05) is 0 Å². The second-order valence-corrected chi connectivity index (χ2v) is 2.85. The van der Waals surface area contributed by atoms with Crippen molar-refractivity contribution in [2.45, 2.75) is 32.1 Å². The molecule has 1 aromatic rings. The molecular formula is C8H11N2. The Morgan fingerprint density at radius 2 is 2.10 bits per heavy atom. The first kappa shape index (κ1) is 5.96. The van der Waals surface area contributed by atoms with Crippen LogP contribution in [0.4, 0.5) is 0 Å². The summed E-state index contributed by atoms with van der Waals surface area (Å²) in [6, 6.07) is 0. The Kier molecular flexibility index (Phi) is 1.46. The average molecular weight is 135 g/mol. The molecular weight excluding hydrogens is 124 g/mol. The first-order valence-corrected chi connectivity index (χ1v) is 3.90. The summed E-state index contributed by atoms with van der Waals surface area (Å²) in [5.74, 6) is 0. The Morgan fingerprint density at radius 1 is 1.20 bits per heavy atom. The Morgan fingerprint density at radius 3 is 3.10 bits per heavy atom. The van der Waals surface area contributed by atoms with Crippen molar-refractivity contribution in [1.29, 1.82) is 0 Å². The van der Waals surface area contributed by atoms with Crippen LogP contribution in [0.2, 0.25) is 0 Å². The topological polar surface area (TPSA) is 28.7 Å². The van der Waals surface area contributed by atoms with E-state index in [1.165, 1.54) is 43.4 Å². The van der Waals surface area contributed by atoms with Gasteiger partial charge in [-0.05, 0) is 25.7 Å². The number of nitrogens with one attached hydrogen (secondary N) is 1. The van der Waals surface area contributed by atoms with Crippen molar-refractivity contribution < 1.29 is 0 Å². The van der Waals surface area contributed by atoms with Crippen molar-refractivity contribution in [1.82, 2.24) is 10.2 Å². The molecule has 0 bridgehead atoms. The quantitative estimate of drug-likeness (QED) is 0.536.